The normalized spacial score (nSPS) is 21.0. The molecule has 1 saturated heterocycles. The van der Waals surface area contributed by atoms with Gasteiger partial charge in [-0.05, 0) is 36.1 Å². The van der Waals surface area contributed by atoms with Gasteiger partial charge in [-0.15, -0.1) is 0 Å². The molecule has 3 aromatic rings. The highest BCUT2D eigenvalue weighted by atomic mass is 19.4. The maximum absolute atomic E-state index is 14.0. The molecule has 34 heavy (non-hydrogen) atoms. The molecule has 6 nitrogen and oxygen atoms in total. The number of aromatic nitrogens is 2. The van der Waals surface area contributed by atoms with Gasteiger partial charge in [0.05, 0.1) is 12.1 Å². The van der Waals surface area contributed by atoms with E-state index in [1.165, 1.54) is 18.2 Å². The Morgan fingerprint density at radius 3 is 2.56 bits per heavy atom. The molecule has 2 aromatic carbocycles. The van der Waals surface area contributed by atoms with Crippen LogP contribution >= 0.6 is 0 Å². The first kappa shape index (κ1) is 22.5. The van der Waals surface area contributed by atoms with E-state index >= 15 is 0 Å². The van der Waals surface area contributed by atoms with Crippen molar-refractivity contribution < 1.29 is 26.9 Å². The maximum Gasteiger partial charge on any atom is 0.416 e. The molecule has 1 aromatic heterocycles. The number of alkyl halides is 3. The van der Waals surface area contributed by atoms with Crippen LogP contribution in [0, 0.1) is 11.7 Å². The van der Waals surface area contributed by atoms with Crippen LogP contribution in [0.2, 0.25) is 0 Å². The second-order valence-corrected chi connectivity index (χ2v) is 8.66. The van der Waals surface area contributed by atoms with Crippen LogP contribution in [0.4, 0.5) is 17.6 Å². The number of piperazine rings is 1. The Kier molecular flexibility index (Phi) is 5.85. The molecule has 0 radical (unpaired) electrons. The molecule has 0 bridgehead atoms. The van der Waals surface area contributed by atoms with E-state index in [0.717, 1.165) is 12.1 Å². The standard InChI is InChI=1S/C24H22F4N4O2/c25-20-7-2-1-6-17(20)18-13-19(18)23(33)32-10-8-31(9-11-32)14-21-29-22(30-34-21)15-4-3-5-16(12-15)24(26,27)28/h1-7,12,18-19H,8-11,13-14H2. The van der Waals surface area contributed by atoms with Crippen molar-refractivity contribution in [2.24, 2.45) is 5.92 Å². The van der Waals surface area contributed by atoms with Gasteiger partial charge in [-0.1, -0.05) is 35.5 Å². The summed E-state index contributed by atoms with van der Waals surface area (Å²) in [4.78, 5) is 20.9. The highest BCUT2D eigenvalue weighted by Crippen LogP contribution is 2.49. The Balaban J connectivity index is 1.15. The number of halogens is 4. The van der Waals surface area contributed by atoms with Crippen LogP contribution in [-0.4, -0.2) is 52.0 Å². The first-order valence-electron chi connectivity index (χ1n) is 11.1. The Labute approximate surface area is 193 Å². The van der Waals surface area contributed by atoms with Crippen molar-refractivity contribution in [2.45, 2.75) is 25.1 Å². The van der Waals surface area contributed by atoms with Crippen LogP contribution < -0.4 is 0 Å². The van der Waals surface area contributed by atoms with Gasteiger partial charge in [-0.25, -0.2) is 4.39 Å². The number of nitrogens with zero attached hydrogens (tertiary/aromatic N) is 4. The summed E-state index contributed by atoms with van der Waals surface area (Å²) in [5, 5.41) is 3.82. The van der Waals surface area contributed by atoms with E-state index in [4.69, 9.17) is 4.52 Å². The van der Waals surface area contributed by atoms with Crippen LogP contribution in [0.5, 0.6) is 0 Å². The zero-order valence-electron chi connectivity index (χ0n) is 18.1. The Hall–Kier alpha value is -3.27. The highest BCUT2D eigenvalue weighted by Gasteiger charge is 2.47. The maximum atomic E-state index is 14.0. The second-order valence-electron chi connectivity index (χ2n) is 8.66. The summed E-state index contributed by atoms with van der Waals surface area (Å²) in [7, 11) is 0. The van der Waals surface area contributed by atoms with Crippen LogP contribution in [0.25, 0.3) is 11.4 Å². The lowest BCUT2D eigenvalue weighted by Crippen LogP contribution is -2.48. The summed E-state index contributed by atoms with van der Waals surface area (Å²) in [6.45, 7) is 2.62. The van der Waals surface area contributed by atoms with E-state index < -0.39 is 11.7 Å². The molecular formula is C24H22F4N4O2. The summed E-state index contributed by atoms with van der Waals surface area (Å²) >= 11 is 0. The third-order valence-corrected chi connectivity index (χ3v) is 6.37. The van der Waals surface area contributed by atoms with Gasteiger partial charge in [0.25, 0.3) is 0 Å². The summed E-state index contributed by atoms with van der Waals surface area (Å²) in [5.41, 5.74) is 0.0616. The Bertz CT molecular complexity index is 1190. The van der Waals surface area contributed by atoms with E-state index in [1.54, 1.807) is 18.2 Å². The lowest BCUT2D eigenvalue weighted by molar-refractivity contribution is -0.137. The van der Waals surface area contributed by atoms with Gasteiger partial charge in [-0.3, -0.25) is 9.69 Å². The number of hydrogen-bond acceptors (Lipinski definition) is 5. The van der Waals surface area contributed by atoms with Crippen molar-refractivity contribution in [3.63, 3.8) is 0 Å². The Morgan fingerprint density at radius 1 is 1.06 bits per heavy atom. The molecule has 1 saturated carbocycles. The molecule has 2 heterocycles. The number of benzene rings is 2. The van der Waals surface area contributed by atoms with Crippen molar-refractivity contribution in [3.05, 3.63) is 71.4 Å². The smallest absolute Gasteiger partial charge is 0.340 e. The first-order valence-corrected chi connectivity index (χ1v) is 11.1. The fraction of sp³-hybridized carbons (Fsp3) is 0.375. The second kappa shape index (κ2) is 8.83. The van der Waals surface area contributed by atoms with E-state index in [2.05, 4.69) is 15.0 Å². The van der Waals surface area contributed by atoms with Gasteiger partial charge in [0.2, 0.25) is 17.6 Å². The molecule has 1 aliphatic heterocycles. The molecule has 10 heteroatoms. The number of hydrogen-bond donors (Lipinski definition) is 0. The fourth-order valence-corrected chi connectivity index (χ4v) is 4.41. The molecule has 2 aliphatic rings. The zero-order chi connectivity index (χ0) is 23.9. The van der Waals surface area contributed by atoms with Gasteiger partial charge in [0.1, 0.15) is 5.82 Å². The zero-order valence-corrected chi connectivity index (χ0v) is 18.1. The predicted octanol–water partition coefficient (Wildman–Crippen LogP) is 4.34. The predicted molar refractivity (Wildman–Crippen MR) is 114 cm³/mol. The highest BCUT2D eigenvalue weighted by molar-refractivity contribution is 5.83. The van der Waals surface area contributed by atoms with Crippen LogP contribution in [-0.2, 0) is 17.5 Å². The van der Waals surface area contributed by atoms with E-state index in [1.807, 2.05) is 4.90 Å². The molecule has 2 unspecified atom stereocenters. The molecule has 178 valence electrons. The lowest BCUT2D eigenvalue weighted by atomic mass is 10.1. The van der Waals surface area contributed by atoms with Gasteiger partial charge < -0.3 is 9.42 Å². The molecule has 2 atom stereocenters. The number of carbonyl (C=O) groups excluding carboxylic acids is 1. The molecular weight excluding hydrogens is 452 g/mol. The minimum Gasteiger partial charge on any atom is -0.340 e. The largest absolute Gasteiger partial charge is 0.416 e. The molecule has 2 fully saturated rings. The summed E-state index contributed by atoms with van der Waals surface area (Å²) in [6.07, 6.45) is -3.78. The van der Waals surface area contributed by atoms with Gasteiger partial charge in [0.15, 0.2) is 0 Å². The molecule has 1 amide bonds. The molecule has 5 rings (SSSR count). The van der Waals surface area contributed by atoms with Gasteiger partial charge in [0, 0.05) is 37.7 Å². The number of rotatable bonds is 5. The quantitative estimate of drug-likeness (QED) is 0.515. The third kappa shape index (κ3) is 4.68. The van der Waals surface area contributed by atoms with Crippen molar-refractivity contribution in [2.75, 3.05) is 26.2 Å². The molecule has 0 spiro atoms. The number of carbonyl (C=O) groups is 1. The average Bonchev–Trinajstić information content (AvgIpc) is 3.48. The SMILES string of the molecule is O=C(C1CC1c1ccccc1F)N1CCN(Cc2nc(-c3cccc(C(F)(F)F)c3)no2)CC1. The van der Waals surface area contributed by atoms with Gasteiger partial charge in [-0.2, -0.15) is 18.2 Å². The van der Waals surface area contributed by atoms with Crippen molar-refractivity contribution in [1.29, 1.82) is 0 Å². The van der Waals surface area contributed by atoms with Gasteiger partial charge >= 0.3 is 6.18 Å². The lowest BCUT2D eigenvalue weighted by Gasteiger charge is -2.34. The van der Waals surface area contributed by atoms with Crippen LogP contribution in [0.15, 0.2) is 53.1 Å². The van der Waals surface area contributed by atoms with Crippen molar-refractivity contribution in [1.82, 2.24) is 19.9 Å². The molecule has 1 aliphatic carbocycles. The summed E-state index contributed by atoms with van der Waals surface area (Å²) in [6, 6.07) is 11.4. The van der Waals surface area contributed by atoms with Crippen molar-refractivity contribution >= 4 is 5.91 Å². The number of amides is 1. The van der Waals surface area contributed by atoms with E-state index in [-0.39, 0.29) is 34.9 Å². The minimum absolute atomic E-state index is 0.0533. The topological polar surface area (TPSA) is 62.5 Å². The van der Waals surface area contributed by atoms with Crippen molar-refractivity contribution in [3.8, 4) is 11.4 Å². The molecule has 0 N–H and O–H groups in total. The minimum atomic E-state index is -4.45. The third-order valence-electron chi connectivity index (χ3n) is 6.37. The van der Waals surface area contributed by atoms with Crippen LogP contribution in [0.3, 0.4) is 0 Å². The monoisotopic (exact) mass is 474 g/mol. The Morgan fingerprint density at radius 2 is 1.82 bits per heavy atom. The van der Waals surface area contributed by atoms with E-state index in [9.17, 15) is 22.4 Å². The van der Waals surface area contributed by atoms with Crippen LogP contribution in [0.1, 0.15) is 29.4 Å². The fourth-order valence-electron chi connectivity index (χ4n) is 4.41. The first-order chi connectivity index (χ1) is 16.3. The summed E-state index contributed by atoms with van der Waals surface area (Å²) < 4.78 is 58.1. The summed E-state index contributed by atoms with van der Waals surface area (Å²) in [5.74, 6) is -0.0418. The van der Waals surface area contributed by atoms with E-state index in [0.29, 0.717) is 50.6 Å². The average molecular weight is 474 g/mol.